The van der Waals surface area contributed by atoms with Crippen molar-refractivity contribution in [2.24, 2.45) is 0 Å². The van der Waals surface area contributed by atoms with Gasteiger partial charge in [-0.2, -0.15) is 0 Å². The van der Waals surface area contributed by atoms with Crippen LogP contribution in [0.25, 0.3) is 22.2 Å². The Morgan fingerprint density at radius 1 is 1.15 bits per heavy atom. The highest BCUT2D eigenvalue weighted by atomic mass is 19.1. The van der Waals surface area contributed by atoms with Crippen molar-refractivity contribution in [3.8, 4) is 11.3 Å². The van der Waals surface area contributed by atoms with Crippen LogP contribution in [0.2, 0.25) is 0 Å². The van der Waals surface area contributed by atoms with Crippen LogP contribution in [0.3, 0.4) is 0 Å². The lowest BCUT2D eigenvalue weighted by Gasteiger charge is -2.14. The molecule has 1 atom stereocenters. The van der Waals surface area contributed by atoms with Gasteiger partial charge < -0.3 is 10.3 Å². The summed E-state index contributed by atoms with van der Waals surface area (Å²) in [6.45, 7) is 0.867. The molecule has 3 heterocycles. The summed E-state index contributed by atoms with van der Waals surface area (Å²) in [4.78, 5) is 20.6. The Hall–Kier alpha value is -2.77. The lowest BCUT2D eigenvalue weighted by molar-refractivity contribution is 0.0256. The number of rotatable bonds is 2. The van der Waals surface area contributed by atoms with E-state index in [1.54, 1.807) is 12.1 Å². The summed E-state index contributed by atoms with van der Waals surface area (Å²) in [5.74, 6) is -1.48. The van der Waals surface area contributed by atoms with Crippen molar-refractivity contribution in [2.75, 3.05) is 6.54 Å². The molecule has 1 fully saturated rings. The fraction of sp³-hybridized carbons (Fsp3) is 0.250. The molecule has 0 radical (unpaired) electrons. The maximum Gasteiger partial charge on any atom is 0.275 e. The van der Waals surface area contributed by atoms with E-state index in [4.69, 9.17) is 4.84 Å². The van der Waals surface area contributed by atoms with Crippen molar-refractivity contribution >= 4 is 16.8 Å². The molecule has 2 aliphatic heterocycles. The molecule has 5 rings (SSSR count). The summed E-state index contributed by atoms with van der Waals surface area (Å²) in [7, 11) is 0. The molecule has 7 heteroatoms. The number of nitrogens with one attached hydrogen (secondary N) is 3. The number of hydroxylamine groups is 1. The summed E-state index contributed by atoms with van der Waals surface area (Å²) < 4.78 is 29.6. The maximum absolute atomic E-state index is 14.8. The van der Waals surface area contributed by atoms with Gasteiger partial charge in [0.2, 0.25) is 0 Å². The normalized spacial score (nSPS) is 19.3. The second-order valence-electron chi connectivity index (χ2n) is 6.93. The fourth-order valence-corrected chi connectivity index (χ4v) is 4.12. The van der Waals surface area contributed by atoms with Gasteiger partial charge in [-0.05, 0) is 43.7 Å². The molecule has 0 saturated carbocycles. The van der Waals surface area contributed by atoms with Gasteiger partial charge in [0, 0.05) is 33.6 Å². The first-order valence-corrected chi connectivity index (χ1v) is 8.92. The van der Waals surface area contributed by atoms with Gasteiger partial charge in [-0.1, -0.05) is 6.07 Å². The number of aromatic amines is 1. The van der Waals surface area contributed by atoms with Gasteiger partial charge in [-0.15, -0.1) is 0 Å². The van der Waals surface area contributed by atoms with Gasteiger partial charge in [0.1, 0.15) is 18.2 Å². The molecule has 3 aromatic rings. The molecule has 1 saturated heterocycles. The molecule has 1 amide bonds. The van der Waals surface area contributed by atoms with E-state index in [9.17, 15) is 13.6 Å². The van der Waals surface area contributed by atoms with Gasteiger partial charge in [-0.3, -0.25) is 9.63 Å². The molecular weight excluding hydrogens is 352 g/mol. The molecule has 5 nitrogen and oxygen atoms in total. The minimum absolute atomic E-state index is 0.0898. The van der Waals surface area contributed by atoms with Crippen molar-refractivity contribution < 1.29 is 18.4 Å². The van der Waals surface area contributed by atoms with Crippen LogP contribution in [0, 0.1) is 11.6 Å². The Labute approximate surface area is 153 Å². The highest BCUT2D eigenvalue weighted by Crippen LogP contribution is 2.37. The predicted molar refractivity (Wildman–Crippen MR) is 95.9 cm³/mol. The average molecular weight is 369 g/mol. The van der Waals surface area contributed by atoms with Gasteiger partial charge in [-0.25, -0.2) is 14.3 Å². The van der Waals surface area contributed by atoms with E-state index < -0.39 is 11.6 Å². The smallest absolute Gasteiger partial charge is 0.275 e. The standard InChI is InChI=1S/C20H17F2N3O2/c21-13-7-10(8-14(22)18(13)15-5-2-6-23-15)19-12-9-27-25-20(26)11-3-1-4-16(24-19)17(11)12/h1,3-4,7-8,15,23-24H,2,5-6,9H2,(H,25,26)/t15-/m1/s1. The number of hydrogen-bond acceptors (Lipinski definition) is 3. The van der Waals surface area contributed by atoms with E-state index in [0.717, 1.165) is 24.9 Å². The minimum Gasteiger partial charge on any atom is -0.354 e. The lowest BCUT2D eigenvalue weighted by atomic mass is 9.98. The number of carbonyl (C=O) groups excluding carboxylic acids is 1. The zero-order valence-electron chi connectivity index (χ0n) is 14.4. The monoisotopic (exact) mass is 369 g/mol. The van der Waals surface area contributed by atoms with Crippen LogP contribution in [-0.2, 0) is 11.4 Å². The largest absolute Gasteiger partial charge is 0.354 e. The van der Waals surface area contributed by atoms with E-state index in [1.165, 1.54) is 12.1 Å². The van der Waals surface area contributed by atoms with Crippen LogP contribution in [-0.4, -0.2) is 17.4 Å². The third-order valence-corrected chi connectivity index (χ3v) is 5.33. The van der Waals surface area contributed by atoms with Crippen molar-refractivity contribution in [1.29, 1.82) is 0 Å². The van der Waals surface area contributed by atoms with Crippen molar-refractivity contribution in [3.05, 3.63) is 58.7 Å². The Kier molecular flexibility index (Phi) is 3.73. The molecule has 3 N–H and O–H groups in total. The molecule has 2 aliphatic rings. The SMILES string of the molecule is O=C1NOCc2c(-c3cc(F)c([C@H]4CCCN4)c(F)c3)[nH]c3cccc1c23. The predicted octanol–water partition coefficient (Wildman–Crippen LogP) is 3.71. The van der Waals surface area contributed by atoms with Crippen LogP contribution in [0.5, 0.6) is 0 Å². The quantitative estimate of drug-likeness (QED) is 0.645. The fourth-order valence-electron chi connectivity index (χ4n) is 4.12. The number of hydrogen-bond donors (Lipinski definition) is 3. The maximum atomic E-state index is 14.8. The highest BCUT2D eigenvalue weighted by molar-refractivity contribution is 6.09. The summed E-state index contributed by atoms with van der Waals surface area (Å²) in [5, 5.41) is 3.85. The first-order valence-electron chi connectivity index (χ1n) is 8.92. The molecule has 27 heavy (non-hydrogen) atoms. The van der Waals surface area contributed by atoms with E-state index in [0.29, 0.717) is 27.8 Å². The summed E-state index contributed by atoms with van der Waals surface area (Å²) in [6.07, 6.45) is 1.62. The summed E-state index contributed by atoms with van der Waals surface area (Å²) in [5.41, 5.74) is 5.30. The molecule has 2 aromatic carbocycles. The van der Waals surface area contributed by atoms with Crippen LogP contribution in [0.15, 0.2) is 30.3 Å². The number of benzene rings is 2. The molecule has 0 spiro atoms. The molecule has 0 unspecified atom stereocenters. The second kappa shape index (κ2) is 6.14. The summed E-state index contributed by atoms with van der Waals surface area (Å²) >= 11 is 0. The first kappa shape index (κ1) is 16.4. The first-order chi connectivity index (χ1) is 13.1. The lowest BCUT2D eigenvalue weighted by Crippen LogP contribution is -2.21. The Morgan fingerprint density at radius 3 is 2.70 bits per heavy atom. The van der Waals surface area contributed by atoms with Crippen LogP contribution in [0.4, 0.5) is 8.78 Å². The van der Waals surface area contributed by atoms with Crippen molar-refractivity contribution in [2.45, 2.75) is 25.5 Å². The summed E-state index contributed by atoms with van der Waals surface area (Å²) in [6, 6.07) is 7.68. The average Bonchev–Trinajstić information content (AvgIpc) is 3.25. The molecular formula is C20H17F2N3O2. The topological polar surface area (TPSA) is 66.2 Å². The molecule has 0 bridgehead atoms. The van der Waals surface area contributed by atoms with Crippen LogP contribution < -0.4 is 10.8 Å². The number of halogens is 2. The zero-order chi connectivity index (χ0) is 18.5. The molecule has 1 aromatic heterocycles. The van der Waals surface area contributed by atoms with Crippen molar-refractivity contribution in [3.63, 3.8) is 0 Å². The van der Waals surface area contributed by atoms with Gasteiger partial charge in [0.25, 0.3) is 5.91 Å². The van der Waals surface area contributed by atoms with Gasteiger partial charge >= 0.3 is 0 Å². The molecule has 0 aliphatic carbocycles. The number of aromatic nitrogens is 1. The number of carbonyl (C=O) groups is 1. The van der Waals surface area contributed by atoms with Crippen molar-refractivity contribution in [1.82, 2.24) is 15.8 Å². The van der Waals surface area contributed by atoms with E-state index in [-0.39, 0.29) is 24.1 Å². The number of H-pyrrole nitrogens is 1. The Bertz CT molecular complexity index is 1050. The van der Waals surface area contributed by atoms with E-state index >= 15 is 0 Å². The van der Waals surface area contributed by atoms with E-state index in [1.807, 2.05) is 6.07 Å². The highest BCUT2D eigenvalue weighted by Gasteiger charge is 2.27. The minimum atomic E-state index is -0.570. The van der Waals surface area contributed by atoms with Crippen LogP contribution in [0.1, 0.15) is 40.4 Å². The Morgan fingerprint density at radius 2 is 1.96 bits per heavy atom. The Balaban J connectivity index is 1.69. The zero-order valence-corrected chi connectivity index (χ0v) is 14.4. The second-order valence-corrected chi connectivity index (χ2v) is 6.93. The number of amides is 1. The van der Waals surface area contributed by atoms with Crippen LogP contribution >= 0.6 is 0 Å². The van der Waals surface area contributed by atoms with Gasteiger partial charge in [0.15, 0.2) is 0 Å². The molecule has 138 valence electrons. The van der Waals surface area contributed by atoms with Gasteiger partial charge in [0.05, 0.1) is 11.3 Å². The van der Waals surface area contributed by atoms with E-state index in [2.05, 4.69) is 15.8 Å². The third-order valence-electron chi connectivity index (χ3n) is 5.33. The third kappa shape index (κ3) is 2.54.